The molecule has 4 nitrogen and oxygen atoms in total. The third-order valence-electron chi connectivity index (χ3n) is 4.51. The molecule has 3 aromatic carbocycles. The van der Waals surface area contributed by atoms with Crippen LogP contribution in [0.25, 0.3) is 6.08 Å². The fraction of sp³-hybridized carbons (Fsp3) is 0.120. The molecule has 0 aromatic heterocycles. The molecular formula is C25H20BrFN2O2. The topological polar surface area (TPSA) is 62.1 Å². The van der Waals surface area contributed by atoms with E-state index in [4.69, 9.17) is 4.74 Å². The van der Waals surface area contributed by atoms with E-state index in [2.05, 4.69) is 21.2 Å². The Labute approximate surface area is 189 Å². The number of ether oxygens (including phenoxy) is 1. The van der Waals surface area contributed by atoms with E-state index in [0.29, 0.717) is 30.0 Å². The molecule has 0 aliphatic heterocycles. The molecule has 1 amide bonds. The van der Waals surface area contributed by atoms with E-state index in [-0.39, 0.29) is 5.57 Å². The van der Waals surface area contributed by atoms with Gasteiger partial charge in [0.15, 0.2) is 0 Å². The number of benzene rings is 3. The van der Waals surface area contributed by atoms with Gasteiger partial charge in [0.2, 0.25) is 0 Å². The van der Waals surface area contributed by atoms with Crippen molar-refractivity contribution in [3.05, 3.63) is 99.3 Å². The number of rotatable bonds is 7. The van der Waals surface area contributed by atoms with Gasteiger partial charge in [-0.1, -0.05) is 46.3 Å². The van der Waals surface area contributed by atoms with Crippen molar-refractivity contribution >= 4 is 33.6 Å². The summed E-state index contributed by atoms with van der Waals surface area (Å²) in [4.78, 5) is 12.5. The number of nitrogens with one attached hydrogen (secondary N) is 1. The number of anilines is 1. The van der Waals surface area contributed by atoms with Crippen LogP contribution in [0.5, 0.6) is 5.75 Å². The highest BCUT2D eigenvalue weighted by Gasteiger charge is 2.12. The molecule has 156 valence electrons. The van der Waals surface area contributed by atoms with Crippen LogP contribution in [-0.2, 0) is 11.2 Å². The largest absolute Gasteiger partial charge is 0.494 e. The van der Waals surface area contributed by atoms with Gasteiger partial charge < -0.3 is 10.1 Å². The molecule has 0 heterocycles. The van der Waals surface area contributed by atoms with E-state index >= 15 is 0 Å². The van der Waals surface area contributed by atoms with Gasteiger partial charge >= 0.3 is 0 Å². The SMILES string of the molecule is CCOc1cc(/C=C(\C#N)C(=O)Nc2ccc(F)cc2)ccc1Cc1ccccc1Br. The van der Waals surface area contributed by atoms with E-state index in [1.165, 1.54) is 30.3 Å². The molecule has 0 spiro atoms. The van der Waals surface area contributed by atoms with Crippen LogP contribution in [0.3, 0.4) is 0 Å². The van der Waals surface area contributed by atoms with Gasteiger partial charge in [0.1, 0.15) is 23.2 Å². The van der Waals surface area contributed by atoms with Gasteiger partial charge in [-0.3, -0.25) is 4.79 Å². The molecule has 3 rings (SSSR count). The summed E-state index contributed by atoms with van der Waals surface area (Å²) in [6.45, 7) is 2.40. The minimum absolute atomic E-state index is 0.0645. The van der Waals surface area contributed by atoms with Crippen molar-refractivity contribution in [2.75, 3.05) is 11.9 Å². The van der Waals surface area contributed by atoms with Gasteiger partial charge in [-0.05, 0) is 66.1 Å². The summed E-state index contributed by atoms with van der Waals surface area (Å²) in [6.07, 6.45) is 2.18. The predicted octanol–water partition coefficient (Wildman–Crippen LogP) is 6.12. The Morgan fingerprint density at radius 1 is 1.13 bits per heavy atom. The summed E-state index contributed by atoms with van der Waals surface area (Å²) in [5.74, 6) is -0.271. The highest BCUT2D eigenvalue weighted by Crippen LogP contribution is 2.27. The first-order valence-corrected chi connectivity index (χ1v) is 10.5. The third-order valence-corrected chi connectivity index (χ3v) is 5.28. The third kappa shape index (κ3) is 6.03. The van der Waals surface area contributed by atoms with Crippen molar-refractivity contribution in [2.24, 2.45) is 0 Å². The monoisotopic (exact) mass is 478 g/mol. The number of nitrogens with zero attached hydrogens (tertiary/aromatic N) is 1. The second kappa shape index (κ2) is 10.6. The molecular weight excluding hydrogens is 459 g/mol. The van der Waals surface area contributed by atoms with Crippen LogP contribution in [0.1, 0.15) is 23.6 Å². The second-order valence-corrected chi connectivity index (χ2v) is 7.55. The fourth-order valence-electron chi connectivity index (χ4n) is 2.99. The van der Waals surface area contributed by atoms with Crippen molar-refractivity contribution in [2.45, 2.75) is 13.3 Å². The van der Waals surface area contributed by atoms with Crippen LogP contribution in [0.4, 0.5) is 10.1 Å². The Morgan fingerprint density at radius 3 is 2.55 bits per heavy atom. The molecule has 0 fully saturated rings. The molecule has 0 saturated carbocycles. The molecule has 0 radical (unpaired) electrons. The Morgan fingerprint density at radius 2 is 1.87 bits per heavy atom. The van der Waals surface area contributed by atoms with Gasteiger partial charge in [0.05, 0.1) is 6.61 Å². The Hall–Kier alpha value is -3.43. The Balaban J connectivity index is 1.85. The van der Waals surface area contributed by atoms with Gasteiger partial charge in [-0.2, -0.15) is 5.26 Å². The summed E-state index contributed by atoms with van der Waals surface area (Å²) in [5.41, 5.74) is 3.14. The normalized spacial score (nSPS) is 11.0. The lowest BCUT2D eigenvalue weighted by molar-refractivity contribution is -0.112. The van der Waals surface area contributed by atoms with Crippen LogP contribution in [0, 0.1) is 17.1 Å². The minimum atomic E-state index is -0.565. The number of amides is 1. The van der Waals surface area contributed by atoms with Gasteiger partial charge in [0, 0.05) is 16.6 Å². The molecule has 0 aliphatic rings. The lowest BCUT2D eigenvalue weighted by atomic mass is 10.0. The Kier molecular flexibility index (Phi) is 7.58. The fourth-order valence-corrected chi connectivity index (χ4v) is 3.42. The first-order valence-electron chi connectivity index (χ1n) is 9.68. The van der Waals surface area contributed by atoms with E-state index < -0.39 is 11.7 Å². The van der Waals surface area contributed by atoms with Crippen LogP contribution in [-0.4, -0.2) is 12.5 Å². The van der Waals surface area contributed by atoms with E-state index in [1.54, 1.807) is 0 Å². The molecule has 0 aliphatic carbocycles. The highest BCUT2D eigenvalue weighted by molar-refractivity contribution is 9.10. The number of hydrogen-bond donors (Lipinski definition) is 1. The summed E-state index contributed by atoms with van der Waals surface area (Å²) in [6, 6.07) is 20.9. The molecule has 0 atom stereocenters. The molecule has 31 heavy (non-hydrogen) atoms. The van der Waals surface area contributed by atoms with Gasteiger partial charge in [-0.25, -0.2) is 4.39 Å². The first-order chi connectivity index (χ1) is 15.0. The van der Waals surface area contributed by atoms with E-state index in [0.717, 1.165) is 15.6 Å². The van der Waals surface area contributed by atoms with Crippen molar-refractivity contribution in [3.63, 3.8) is 0 Å². The second-order valence-electron chi connectivity index (χ2n) is 6.70. The maximum absolute atomic E-state index is 13.0. The number of carbonyl (C=O) groups is 1. The average molecular weight is 479 g/mol. The Bertz CT molecular complexity index is 1150. The molecule has 0 unspecified atom stereocenters. The van der Waals surface area contributed by atoms with Crippen molar-refractivity contribution in [1.82, 2.24) is 0 Å². The van der Waals surface area contributed by atoms with E-state index in [1.807, 2.05) is 55.5 Å². The number of carbonyl (C=O) groups excluding carboxylic acids is 1. The first kappa shape index (κ1) is 22.3. The lowest BCUT2D eigenvalue weighted by Crippen LogP contribution is -2.13. The smallest absolute Gasteiger partial charge is 0.266 e. The quantitative estimate of drug-likeness (QED) is 0.328. The average Bonchev–Trinajstić information content (AvgIpc) is 2.77. The van der Waals surface area contributed by atoms with Crippen LogP contribution in [0.15, 0.2) is 76.8 Å². The summed E-state index contributed by atoms with van der Waals surface area (Å²) in [7, 11) is 0. The summed E-state index contributed by atoms with van der Waals surface area (Å²) < 4.78 is 19.9. The van der Waals surface area contributed by atoms with Gasteiger partial charge in [0.25, 0.3) is 5.91 Å². The predicted molar refractivity (Wildman–Crippen MR) is 123 cm³/mol. The van der Waals surface area contributed by atoms with Crippen molar-refractivity contribution < 1.29 is 13.9 Å². The lowest BCUT2D eigenvalue weighted by Gasteiger charge is -2.12. The number of nitriles is 1. The van der Waals surface area contributed by atoms with Crippen molar-refractivity contribution in [1.29, 1.82) is 5.26 Å². The maximum atomic E-state index is 13.0. The molecule has 1 N–H and O–H groups in total. The summed E-state index contributed by atoms with van der Waals surface area (Å²) >= 11 is 3.57. The summed E-state index contributed by atoms with van der Waals surface area (Å²) in [5, 5.41) is 12.1. The zero-order valence-corrected chi connectivity index (χ0v) is 18.4. The minimum Gasteiger partial charge on any atom is -0.494 e. The van der Waals surface area contributed by atoms with E-state index in [9.17, 15) is 14.4 Å². The molecule has 6 heteroatoms. The van der Waals surface area contributed by atoms with Crippen molar-refractivity contribution in [3.8, 4) is 11.8 Å². The van der Waals surface area contributed by atoms with Crippen LogP contribution >= 0.6 is 15.9 Å². The highest BCUT2D eigenvalue weighted by atomic mass is 79.9. The molecule has 0 saturated heterocycles. The zero-order chi connectivity index (χ0) is 22.2. The standard InChI is InChI=1S/C25H20BrFN2O2/c1-2-31-24-14-17(7-8-19(24)15-18-5-3-4-6-23(18)26)13-20(16-28)25(30)29-22-11-9-21(27)10-12-22/h3-14H,2,15H2,1H3,(H,29,30)/b20-13+. The number of hydrogen-bond acceptors (Lipinski definition) is 3. The van der Waals surface area contributed by atoms with Crippen LogP contribution in [0.2, 0.25) is 0 Å². The molecule has 0 bridgehead atoms. The zero-order valence-electron chi connectivity index (χ0n) is 16.9. The van der Waals surface area contributed by atoms with Crippen LogP contribution < -0.4 is 10.1 Å². The maximum Gasteiger partial charge on any atom is 0.266 e. The number of halogens is 2. The molecule has 3 aromatic rings. The van der Waals surface area contributed by atoms with Gasteiger partial charge in [-0.15, -0.1) is 0 Å².